The van der Waals surface area contributed by atoms with Crippen LogP contribution in [0, 0.1) is 11.3 Å². The van der Waals surface area contributed by atoms with Crippen LogP contribution in [0.5, 0.6) is 0 Å². The van der Waals surface area contributed by atoms with E-state index in [0.717, 1.165) is 94.1 Å². The number of hydrogen-bond acceptors (Lipinski definition) is 3. The standard InChI is InChI=1S/C53H34N4O/c54-33-43-49(36-21-9-3-10-22-36)55-53(56-50(43)37-23-11-4-12-24-37)48-38(34-17-5-1-6-18-34)29-30-39(35-19-7-2-8-20-35)51(48)57-44-27-15-13-26-42(44)47-45(57)32-31-41-40-25-14-16-28-46(40)58-52(41)47/h1-32,53,55H/p+1. The summed E-state index contributed by atoms with van der Waals surface area (Å²) >= 11 is 0. The number of fused-ring (bicyclic) bond motifs is 7. The fourth-order valence-corrected chi connectivity index (χ4v) is 8.89. The fraction of sp³-hybridized carbons (Fsp3) is 0.0189. The van der Waals surface area contributed by atoms with Gasteiger partial charge >= 0.3 is 0 Å². The molecule has 0 radical (unpaired) electrons. The number of benzene rings is 8. The molecular weight excluding hydrogens is 709 g/mol. The predicted octanol–water partition coefficient (Wildman–Crippen LogP) is 12.0. The maximum absolute atomic E-state index is 10.9. The first kappa shape index (κ1) is 33.5. The smallest absolute Gasteiger partial charge is 0.213 e. The van der Waals surface area contributed by atoms with Crippen LogP contribution in [0.15, 0.2) is 209 Å². The second-order valence-corrected chi connectivity index (χ2v) is 14.7. The van der Waals surface area contributed by atoms with Gasteiger partial charge in [0, 0.05) is 32.8 Å². The summed E-state index contributed by atoms with van der Waals surface area (Å²) in [7, 11) is 0. The number of furan rings is 1. The van der Waals surface area contributed by atoms with E-state index in [4.69, 9.17) is 9.41 Å². The third kappa shape index (κ3) is 5.32. The molecule has 0 aliphatic carbocycles. The molecule has 8 aromatic carbocycles. The number of quaternary nitrogens is 1. The molecule has 5 nitrogen and oxygen atoms in total. The van der Waals surface area contributed by atoms with Crippen LogP contribution in [-0.2, 0) is 0 Å². The molecule has 0 spiro atoms. The molecule has 5 heteroatoms. The predicted molar refractivity (Wildman–Crippen MR) is 236 cm³/mol. The Bertz CT molecular complexity index is 3300. The number of nitrogens with zero attached hydrogens (tertiary/aromatic N) is 3. The lowest BCUT2D eigenvalue weighted by atomic mass is 9.88. The number of aliphatic imine (C=N–C) groups is 1. The van der Waals surface area contributed by atoms with E-state index in [1.165, 1.54) is 0 Å². The van der Waals surface area contributed by atoms with Crippen molar-refractivity contribution in [3.05, 3.63) is 216 Å². The lowest BCUT2D eigenvalue weighted by Crippen LogP contribution is -2.83. The highest BCUT2D eigenvalue weighted by Gasteiger charge is 2.35. The lowest BCUT2D eigenvalue weighted by Gasteiger charge is -2.28. The van der Waals surface area contributed by atoms with Gasteiger partial charge < -0.3 is 8.98 Å². The molecule has 58 heavy (non-hydrogen) atoms. The van der Waals surface area contributed by atoms with Gasteiger partial charge in [0.15, 0.2) is 5.70 Å². The topological polar surface area (TPSA) is 70.8 Å². The molecule has 1 aliphatic rings. The molecule has 2 N–H and O–H groups in total. The minimum Gasteiger partial charge on any atom is -0.455 e. The zero-order chi connectivity index (χ0) is 38.6. The van der Waals surface area contributed by atoms with Crippen LogP contribution in [0.4, 0.5) is 0 Å². The minimum absolute atomic E-state index is 0.484. The highest BCUT2D eigenvalue weighted by Crippen LogP contribution is 2.46. The van der Waals surface area contributed by atoms with Crippen molar-refractivity contribution < 1.29 is 9.73 Å². The summed E-state index contributed by atoms with van der Waals surface area (Å²) in [6, 6.07) is 70.0. The second-order valence-electron chi connectivity index (χ2n) is 14.7. The SMILES string of the molecule is N#CC1=C(c2ccccc2)[NH2+]C(c2c(-c3ccccc3)ccc(-c3ccccc3)c2-n2c3ccccc3c3c4oc5ccccc5c4ccc32)N=C1c1ccccc1. The Balaban J connectivity index is 1.31. The van der Waals surface area contributed by atoms with Crippen molar-refractivity contribution in [2.24, 2.45) is 4.99 Å². The van der Waals surface area contributed by atoms with Crippen molar-refractivity contribution in [2.75, 3.05) is 0 Å². The molecule has 3 heterocycles. The monoisotopic (exact) mass is 743 g/mol. The van der Waals surface area contributed by atoms with Crippen LogP contribution in [0.2, 0.25) is 0 Å². The Kier molecular flexibility index (Phi) is 7.96. The average molecular weight is 744 g/mol. The number of aromatic nitrogens is 1. The van der Waals surface area contributed by atoms with Crippen LogP contribution >= 0.6 is 0 Å². The Morgan fingerprint density at radius 3 is 1.78 bits per heavy atom. The number of rotatable bonds is 6. The van der Waals surface area contributed by atoms with E-state index in [2.05, 4.69) is 149 Å². The average Bonchev–Trinajstić information content (AvgIpc) is 3.85. The van der Waals surface area contributed by atoms with Gasteiger partial charge in [0.25, 0.3) is 0 Å². The number of hydrogen-bond donors (Lipinski definition) is 1. The van der Waals surface area contributed by atoms with E-state index < -0.39 is 6.17 Å². The van der Waals surface area contributed by atoms with Crippen LogP contribution in [-0.4, -0.2) is 10.3 Å². The molecule has 10 aromatic rings. The number of nitrogens with two attached hydrogens (primary N) is 1. The summed E-state index contributed by atoms with van der Waals surface area (Å²) in [5.74, 6) is 0. The van der Waals surface area contributed by atoms with Gasteiger partial charge in [-0.1, -0.05) is 158 Å². The molecule has 2 aromatic heterocycles. The molecular formula is C53H35N4O+. The van der Waals surface area contributed by atoms with Gasteiger partial charge in [-0.05, 0) is 53.1 Å². The van der Waals surface area contributed by atoms with Gasteiger partial charge in [-0.25, -0.2) is 4.99 Å². The summed E-state index contributed by atoms with van der Waals surface area (Å²) in [5.41, 5.74) is 14.2. The third-order valence-electron chi connectivity index (χ3n) is 11.4. The van der Waals surface area contributed by atoms with E-state index in [-0.39, 0.29) is 0 Å². The first-order chi connectivity index (χ1) is 28.8. The van der Waals surface area contributed by atoms with E-state index in [1.807, 2.05) is 60.7 Å². The second kappa shape index (κ2) is 13.8. The molecule has 0 amide bonds. The van der Waals surface area contributed by atoms with Crippen molar-refractivity contribution in [3.63, 3.8) is 0 Å². The van der Waals surface area contributed by atoms with Gasteiger partial charge in [0.2, 0.25) is 6.17 Å². The molecule has 272 valence electrons. The molecule has 0 fully saturated rings. The molecule has 0 saturated carbocycles. The molecule has 1 atom stereocenters. The van der Waals surface area contributed by atoms with Gasteiger partial charge in [-0.15, -0.1) is 0 Å². The first-order valence-corrected chi connectivity index (χ1v) is 19.6. The molecule has 1 aliphatic heterocycles. The summed E-state index contributed by atoms with van der Waals surface area (Å²) in [6.07, 6.45) is -0.484. The number of allylic oxidation sites excluding steroid dienone is 1. The number of para-hydroxylation sites is 2. The zero-order valence-corrected chi connectivity index (χ0v) is 31.4. The van der Waals surface area contributed by atoms with Crippen molar-refractivity contribution in [2.45, 2.75) is 6.17 Å². The Morgan fingerprint density at radius 1 is 0.517 bits per heavy atom. The van der Waals surface area contributed by atoms with E-state index in [1.54, 1.807) is 0 Å². The lowest BCUT2D eigenvalue weighted by molar-refractivity contribution is -0.609. The van der Waals surface area contributed by atoms with E-state index in [9.17, 15) is 5.26 Å². The first-order valence-electron chi connectivity index (χ1n) is 19.6. The van der Waals surface area contributed by atoms with Crippen molar-refractivity contribution in [1.82, 2.24) is 4.57 Å². The summed E-state index contributed by atoms with van der Waals surface area (Å²) in [5, 5.41) is 17.5. The van der Waals surface area contributed by atoms with Crippen molar-refractivity contribution in [1.29, 1.82) is 5.26 Å². The third-order valence-corrected chi connectivity index (χ3v) is 11.4. The molecule has 1 unspecified atom stereocenters. The largest absolute Gasteiger partial charge is 0.455 e. The highest BCUT2D eigenvalue weighted by atomic mass is 16.3. The van der Waals surface area contributed by atoms with Crippen LogP contribution in [0.3, 0.4) is 0 Å². The van der Waals surface area contributed by atoms with Crippen LogP contribution < -0.4 is 5.32 Å². The van der Waals surface area contributed by atoms with Crippen molar-refractivity contribution in [3.8, 4) is 34.0 Å². The minimum atomic E-state index is -0.484. The summed E-state index contributed by atoms with van der Waals surface area (Å²) < 4.78 is 9.18. The van der Waals surface area contributed by atoms with Crippen LogP contribution in [0.25, 0.3) is 77.4 Å². The summed E-state index contributed by atoms with van der Waals surface area (Å²) in [6.45, 7) is 0. The maximum atomic E-state index is 10.9. The Labute approximate surface area is 335 Å². The van der Waals surface area contributed by atoms with Crippen LogP contribution in [0.1, 0.15) is 22.9 Å². The highest BCUT2D eigenvalue weighted by molar-refractivity contribution is 6.24. The van der Waals surface area contributed by atoms with Gasteiger partial charge in [0.05, 0.1) is 33.4 Å². The molecule has 0 saturated heterocycles. The van der Waals surface area contributed by atoms with Gasteiger partial charge in [0.1, 0.15) is 22.8 Å². The normalized spacial score (nSPS) is 14.3. The van der Waals surface area contributed by atoms with E-state index >= 15 is 0 Å². The fourth-order valence-electron chi connectivity index (χ4n) is 8.89. The van der Waals surface area contributed by atoms with Crippen molar-refractivity contribution >= 4 is 55.2 Å². The summed E-state index contributed by atoms with van der Waals surface area (Å²) in [4.78, 5) is 5.63. The van der Waals surface area contributed by atoms with Gasteiger partial charge in [-0.2, -0.15) is 5.26 Å². The van der Waals surface area contributed by atoms with Gasteiger partial charge in [-0.3, -0.25) is 5.32 Å². The van der Waals surface area contributed by atoms with E-state index in [0.29, 0.717) is 11.3 Å². The quantitative estimate of drug-likeness (QED) is 0.184. The Morgan fingerprint density at radius 2 is 1.09 bits per heavy atom. The molecule has 0 bridgehead atoms. The Hall–Kier alpha value is -7.78. The zero-order valence-electron chi connectivity index (χ0n) is 31.4. The maximum Gasteiger partial charge on any atom is 0.213 e. The molecule has 11 rings (SSSR count). The number of nitriles is 1.